The van der Waals surface area contributed by atoms with Gasteiger partial charge in [0.2, 0.25) is 0 Å². The molecule has 0 aliphatic rings. The van der Waals surface area contributed by atoms with Gasteiger partial charge in [-0.25, -0.2) is 4.79 Å². The van der Waals surface area contributed by atoms with Crippen molar-refractivity contribution < 1.29 is 24.5 Å². The third kappa shape index (κ3) is 4.23. The van der Waals surface area contributed by atoms with E-state index in [9.17, 15) is 14.7 Å². The number of aryl methyl sites for hydroxylation is 2. The highest BCUT2D eigenvalue weighted by Crippen LogP contribution is 2.20. The molecule has 23 heavy (non-hydrogen) atoms. The Bertz CT molecular complexity index is 755. The smallest absolute Gasteiger partial charge is 0.337 e. The molecule has 2 aromatic carbocycles. The van der Waals surface area contributed by atoms with Gasteiger partial charge in [-0.2, -0.15) is 0 Å². The molecule has 2 N–H and O–H groups in total. The molecule has 0 atom stereocenters. The first kappa shape index (κ1) is 16.4. The predicted octanol–water partition coefficient (Wildman–Crippen LogP) is 2.09. The summed E-state index contributed by atoms with van der Waals surface area (Å²) in [6.07, 6.45) is 0. The van der Waals surface area contributed by atoms with Crippen molar-refractivity contribution in [3.8, 4) is 11.5 Å². The second-order valence-electron chi connectivity index (χ2n) is 5.10. The molecule has 120 valence electrons. The average molecular weight is 314 g/mol. The molecular weight excluding hydrogens is 298 g/mol. The second kappa shape index (κ2) is 6.83. The molecule has 0 fully saturated rings. The quantitative estimate of drug-likeness (QED) is 0.880. The molecule has 0 bridgehead atoms. The molecule has 0 aliphatic carbocycles. The van der Waals surface area contributed by atoms with Crippen LogP contribution in [0.1, 0.15) is 21.5 Å². The molecule has 0 aliphatic heterocycles. The lowest BCUT2D eigenvalue weighted by molar-refractivity contribution is -0.268. The molecular formula is C17H16NO5-. The Labute approximate surface area is 133 Å². The van der Waals surface area contributed by atoms with Gasteiger partial charge in [-0.15, -0.1) is 5.75 Å². The largest absolute Gasteiger partial charge is 0.872 e. The molecule has 0 heterocycles. The summed E-state index contributed by atoms with van der Waals surface area (Å²) in [4.78, 5) is 23.0. The zero-order chi connectivity index (χ0) is 17.0. The monoisotopic (exact) mass is 314 g/mol. The van der Waals surface area contributed by atoms with Crippen LogP contribution in [-0.2, 0) is 4.79 Å². The third-order valence-electron chi connectivity index (χ3n) is 3.34. The maximum atomic E-state index is 11.9. The first-order valence-electron chi connectivity index (χ1n) is 6.91. The second-order valence-corrected chi connectivity index (χ2v) is 5.10. The zero-order valence-corrected chi connectivity index (χ0v) is 12.8. The molecule has 2 aromatic rings. The van der Waals surface area contributed by atoms with Gasteiger partial charge in [0, 0.05) is 0 Å². The zero-order valence-electron chi connectivity index (χ0n) is 12.8. The van der Waals surface area contributed by atoms with Crippen LogP contribution < -0.4 is 15.2 Å². The minimum atomic E-state index is -1.23. The number of rotatable bonds is 5. The van der Waals surface area contributed by atoms with Gasteiger partial charge in [-0.1, -0.05) is 12.1 Å². The molecule has 0 unspecified atom stereocenters. The van der Waals surface area contributed by atoms with E-state index >= 15 is 0 Å². The summed E-state index contributed by atoms with van der Waals surface area (Å²) in [5.74, 6) is -1.62. The van der Waals surface area contributed by atoms with E-state index in [1.165, 1.54) is 0 Å². The number of nitrogens with one attached hydrogen (secondary N) is 1. The topological polar surface area (TPSA) is 98.7 Å². The van der Waals surface area contributed by atoms with E-state index in [0.717, 1.165) is 29.3 Å². The molecule has 2 rings (SSSR count). The lowest BCUT2D eigenvalue weighted by atomic mass is 10.1. The summed E-state index contributed by atoms with van der Waals surface area (Å²) in [7, 11) is 0. The number of carbonyl (C=O) groups excluding carboxylic acids is 1. The Hall–Kier alpha value is -3.02. The standard InChI is InChI=1S/C17H17NO5/c1-10-3-5-13(7-11(10)2)23-9-16(20)18-15-8-12(19)4-6-14(15)17(21)22/h3-8,19H,9H2,1-2H3,(H,18,20)(H,21,22)/p-1. The van der Waals surface area contributed by atoms with Crippen LogP contribution in [-0.4, -0.2) is 23.6 Å². The first-order valence-corrected chi connectivity index (χ1v) is 6.91. The number of hydrogen-bond donors (Lipinski definition) is 2. The van der Waals surface area contributed by atoms with Crippen molar-refractivity contribution in [2.24, 2.45) is 0 Å². The van der Waals surface area contributed by atoms with Gasteiger partial charge in [0.15, 0.2) is 6.61 Å². The minimum absolute atomic E-state index is 0.0429. The Morgan fingerprint density at radius 1 is 1.13 bits per heavy atom. The Morgan fingerprint density at radius 3 is 2.52 bits per heavy atom. The number of aromatic carboxylic acids is 1. The number of hydrogen-bond acceptors (Lipinski definition) is 4. The minimum Gasteiger partial charge on any atom is -0.872 e. The van der Waals surface area contributed by atoms with E-state index in [1.54, 1.807) is 6.07 Å². The van der Waals surface area contributed by atoms with E-state index in [-0.39, 0.29) is 23.6 Å². The molecule has 1 amide bonds. The van der Waals surface area contributed by atoms with E-state index in [1.807, 2.05) is 26.0 Å². The van der Waals surface area contributed by atoms with Crippen LogP contribution in [0, 0.1) is 13.8 Å². The van der Waals surface area contributed by atoms with Crippen LogP contribution >= 0.6 is 0 Å². The maximum Gasteiger partial charge on any atom is 0.337 e. The van der Waals surface area contributed by atoms with Gasteiger partial charge in [0.05, 0.1) is 11.3 Å². The van der Waals surface area contributed by atoms with Crippen molar-refractivity contribution in [1.82, 2.24) is 0 Å². The highest BCUT2D eigenvalue weighted by atomic mass is 16.5. The lowest BCUT2D eigenvalue weighted by Crippen LogP contribution is -2.21. The van der Waals surface area contributed by atoms with Crippen LogP contribution in [0.15, 0.2) is 36.4 Å². The molecule has 0 saturated carbocycles. The summed E-state index contributed by atoms with van der Waals surface area (Å²) in [6.45, 7) is 3.61. The fourth-order valence-electron chi connectivity index (χ4n) is 1.95. The van der Waals surface area contributed by atoms with E-state index in [4.69, 9.17) is 9.84 Å². The number of carboxylic acid groups (broad SMARTS) is 1. The highest BCUT2D eigenvalue weighted by Gasteiger charge is 2.12. The van der Waals surface area contributed by atoms with Crippen LogP contribution in [0.5, 0.6) is 11.5 Å². The Balaban J connectivity index is 2.03. The predicted molar refractivity (Wildman–Crippen MR) is 82.9 cm³/mol. The Kier molecular flexibility index (Phi) is 4.85. The fraction of sp³-hybridized carbons (Fsp3) is 0.176. The van der Waals surface area contributed by atoms with Gasteiger partial charge in [0.1, 0.15) is 5.75 Å². The van der Waals surface area contributed by atoms with Crippen molar-refractivity contribution in [2.75, 3.05) is 11.9 Å². The normalized spacial score (nSPS) is 10.2. The molecule has 6 nitrogen and oxygen atoms in total. The van der Waals surface area contributed by atoms with Crippen molar-refractivity contribution in [3.05, 3.63) is 53.1 Å². The molecule has 0 radical (unpaired) electrons. The summed E-state index contributed by atoms with van der Waals surface area (Å²) >= 11 is 0. The number of benzene rings is 2. The molecule has 0 spiro atoms. The fourth-order valence-corrected chi connectivity index (χ4v) is 1.95. The van der Waals surface area contributed by atoms with Gasteiger partial charge >= 0.3 is 5.97 Å². The lowest BCUT2D eigenvalue weighted by Gasteiger charge is -2.13. The number of anilines is 1. The summed E-state index contributed by atoms with van der Waals surface area (Å²) in [5.41, 5.74) is 1.96. The summed E-state index contributed by atoms with van der Waals surface area (Å²) in [6, 6.07) is 8.79. The molecule has 6 heteroatoms. The number of ether oxygens (including phenoxy) is 1. The van der Waals surface area contributed by atoms with Crippen molar-refractivity contribution in [3.63, 3.8) is 0 Å². The van der Waals surface area contributed by atoms with Gasteiger partial charge in [0.25, 0.3) is 5.91 Å². The van der Waals surface area contributed by atoms with Crippen molar-refractivity contribution >= 4 is 17.6 Å². The molecule has 0 aromatic heterocycles. The summed E-state index contributed by atoms with van der Waals surface area (Å²) < 4.78 is 5.37. The number of carbonyl (C=O) groups is 2. The first-order chi connectivity index (χ1) is 10.9. The SMILES string of the molecule is Cc1ccc(OCC(=O)Nc2cc([O-])ccc2C(=O)O)cc1C. The molecule has 0 saturated heterocycles. The van der Waals surface area contributed by atoms with E-state index in [0.29, 0.717) is 5.75 Å². The van der Waals surface area contributed by atoms with Crippen LogP contribution in [0.4, 0.5) is 5.69 Å². The Morgan fingerprint density at radius 2 is 1.87 bits per heavy atom. The van der Waals surface area contributed by atoms with E-state index < -0.39 is 11.9 Å². The third-order valence-corrected chi connectivity index (χ3v) is 3.34. The van der Waals surface area contributed by atoms with Gasteiger partial charge < -0.3 is 20.3 Å². The van der Waals surface area contributed by atoms with E-state index in [2.05, 4.69) is 5.32 Å². The summed E-state index contributed by atoms with van der Waals surface area (Å²) in [5, 5.41) is 22.8. The maximum absolute atomic E-state index is 11.9. The number of amides is 1. The van der Waals surface area contributed by atoms with Gasteiger partial charge in [-0.05, 0) is 49.2 Å². The van der Waals surface area contributed by atoms with Crippen LogP contribution in [0.3, 0.4) is 0 Å². The highest BCUT2D eigenvalue weighted by molar-refractivity contribution is 6.01. The van der Waals surface area contributed by atoms with Crippen LogP contribution in [0.25, 0.3) is 0 Å². The van der Waals surface area contributed by atoms with Gasteiger partial charge in [-0.3, -0.25) is 4.79 Å². The average Bonchev–Trinajstić information content (AvgIpc) is 2.48. The van der Waals surface area contributed by atoms with Crippen molar-refractivity contribution in [2.45, 2.75) is 13.8 Å². The van der Waals surface area contributed by atoms with Crippen molar-refractivity contribution in [1.29, 1.82) is 0 Å². The van der Waals surface area contributed by atoms with Crippen LogP contribution in [0.2, 0.25) is 0 Å². The number of carboxylic acids is 1.